The second-order valence-electron chi connectivity index (χ2n) is 4.59. The molecule has 0 atom stereocenters. The van der Waals surface area contributed by atoms with Crippen LogP contribution in [-0.4, -0.2) is 11.7 Å². The van der Waals surface area contributed by atoms with Gasteiger partial charge in [-0.2, -0.15) is 0 Å². The van der Waals surface area contributed by atoms with Crippen molar-refractivity contribution in [2.75, 3.05) is 6.61 Å². The predicted molar refractivity (Wildman–Crippen MR) is 88.4 cm³/mol. The van der Waals surface area contributed by atoms with Crippen LogP contribution in [0.25, 0.3) is 12.2 Å². The minimum absolute atomic E-state index is 0.355. The Morgan fingerprint density at radius 1 is 0.750 bits per heavy atom. The van der Waals surface area contributed by atoms with Crippen molar-refractivity contribution in [2.45, 2.75) is 26.2 Å². The van der Waals surface area contributed by atoms with E-state index in [9.17, 15) is 0 Å². The summed E-state index contributed by atoms with van der Waals surface area (Å²) in [6.07, 6.45) is 7.57. The first-order valence-corrected chi connectivity index (χ1v) is 7.26. The van der Waals surface area contributed by atoms with Crippen molar-refractivity contribution in [1.29, 1.82) is 0 Å². The third-order valence-corrected chi connectivity index (χ3v) is 2.83. The van der Waals surface area contributed by atoms with Gasteiger partial charge in [0, 0.05) is 6.61 Å². The predicted octanol–water partition coefficient (Wildman–Crippen LogP) is 5.03. The van der Waals surface area contributed by atoms with Crippen LogP contribution >= 0.6 is 0 Å². The summed E-state index contributed by atoms with van der Waals surface area (Å²) in [4.78, 5) is 0. The Bertz CT molecular complexity index is 414. The van der Waals surface area contributed by atoms with E-state index in [2.05, 4.69) is 43.3 Å². The van der Waals surface area contributed by atoms with Gasteiger partial charge in [0.15, 0.2) is 0 Å². The summed E-state index contributed by atoms with van der Waals surface area (Å²) in [5.41, 5.74) is 2.47. The molecule has 0 heterocycles. The van der Waals surface area contributed by atoms with Gasteiger partial charge in [-0.3, -0.25) is 0 Å². The molecular formula is C19H24O. The number of hydrogen-bond donors (Lipinski definition) is 1. The Labute approximate surface area is 122 Å². The lowest BCUT2D eigenvalue weighted by atomic mass is 10.1. The van der Waals surface area contributed by atoms with Gasteiger partial charge in [0.25, 0.3) is 0 Å². The van der Waals surface area contributed by atoms with Crippen molar-refractivity contribution in [3.05, 3.63) is 71.8 Å². The second-order valence-corrected chi connectivity index (χ2v) is 4.59. The Kier molecular flexibility index (Phi) is 8.91. The fourth-order valence-electron chi connectivity index (χ4n) is 1.68. The standard InChI is InChI=1S/C14H12.C5H12O/c1-3-7-13(8-4-1)11-12-14-9-5-2-6-10-14;1-2-3-4-5-6/h1-12H;6H,2-5H2,1H3/b12-11+;. The lowest BCUT2D eigenvalue weighted by molar-refractivity contribution is 0.284. The summed E-state index contributed by atoms with van der Waals surface area (Å²) in [7, 11) is 0. The number of aliphatic hydroxyl groups is 1. The molecule has 2 aromatic carbocycles. The normalized spacial score (nSPS) is 10.1. The van der Waals surface area contributed by atoms with Crippen molar-refractivity contribution in [2.24, 2.45) is 0 Å². The Balaban J connectivity index is 0.000000286. The van der Waals surface area contributed by atoms with Crippen molar-refractivity contribution in [3.63, 3.8) is 0 Å². The van der Waals surface area contributed by atoms with Crippen LogP contribution < -0.4 is 0 Å². The van der Waals surface area contributed by atoms with Gasteiger partial charge in [-0.25, -0.2) is 0 Å². The monoisotopic (exact) mass is 268 g/mol. The molecule has 2 rings (SSSR count). The highest BCUT2D eigenvalue weighted by Gasteiger charge is 1.84. The molecule has 0 radical (unpaired) electrons. The van der Waals surface area contributed by atoms with Gasteiger partial charge in [-0.1, -0.05) is 92.6 Å². The van der Waals surface area contributed by atoms with Crippen molar-refractivity contribution in [3.8, 4) is 0 Å². The quantitative estimate of drug-likeness (QED) is 0.596. The molecule has 0 bridgehead atoms. The van der Waals surface area contributed by atoms with Crippen LogP contribution in [0.5, 0.6) is 0 Å². The van der Waals surface area contributed by atoms with Gasteiger partial charge in [0.2, 0.25) is 0 Å². The molecule has 20 heavy (non-hydrogen) atoms. The smallest absolute Gasteiger partial charge is 0.0431 e. The molecule has 1 nitrogen and oxygen atoms in total. The molecule has 0 unspecified atom stereocenters. The zero-order chi connectivity index (χ0) is 14.5. The molecule has 0 aliphatic heterocycles. The Morgan fingerprint density at radius 3 is 1.50 bits per heavy atom. The largest absolute Gasteiger partial charge is 0.396 e. The third kappa shape index (κ3) is 7.55. The maximum absolute atomic E-state index is 8.20. The van der Waals surface area contributed by atoms with E-state index in [0.717, 1.165) is 12.8 Å². The molecular weight excluding hydrogens is 244 g/mol. The average molecular weight is 268 g/mol. The SMILES string of the molecule is C(=C\c1ccccc1)/c1ccccc1.CCCCCO. The van der Waals surface area contributed by atoms with Gasteiger partial charge in [0.1, 0.15) is 0 Å². The minimum Gasteiger partial charge on any atom is -0.396 e. The van der Waals surface area contributed by atoms with E-state index in [0.29, 0.717) is 6.61 Å². The molecule has 0 aliphatic rings. The van der Waals surface area contributed by atoms with Gasteiger partial charge >= 0.3 is 0 Å². The number of unbranched alkanes of at least 4 members (excludes halogenated alkanes) is 2. The van der Waals surface area contributed by atoms with Gasteiger partial charge in [-0.15, -0.1) is 0 Å². The van der Waals surface area contributed by atoms with E-state index >= 15 is 0 Å². The summed E-state index contributed by atoms with van der Waals surface area (Å²) < 4.78 is 0. The number of aliphatic hydroxyl groups excluding tert-OH is 1. The molecule has 2 aromatic rings. The molecule has 0 amide bonds. The van der Waals surface area contributed by atoms with Crippen molar-refractivity contribution >= 4 is 12.2 Å². The van der Waals surface area contributed by atoms with Crippen LogP contribution in [0, 0.1) is 0 Å². The van der Waals surface area contributed by atoms with Crippen LogP contribution in [-0.2, 0) is 0 Å². The van der Waals surface area contributed by atoms with Crippen molar-refractivity contribution < 1.29 is 5.11 Å². The van der Waals surface area contributed by atoms with Gasteiger partial charge in [-0.05, 0) is 17.5 Å². The number of hydrogen-bond acceptors (Lipinski definition) is 1. The Morgan fingerprint density at radius 2 is 1.20 bits per heavy atom. The van der Waals surface area contributed by atoms with Crippen LogP contribution in [0.1, 0.15) is 37.3 Å². The second kappa shape index (κ2) is 11.0. The molecule has 0 saturated carbocycles. The number of rotatable bonds is 5. The van der Waals surface area contributed by atoms with Crippen LogP contribution in [0.3, 0.4) is 0 Å². The summed E-state index contributed by atoms with van der Waals surface area (Å²) in [5, 5.41) is 8.20. The van der Waals surface area contributed by atoms with E-state index in [1.807, 2.05) is 36.4 Å². The lowest BCUT2D eigenvalue weighted by Crippen LogP contribution is -1.78. The van der Waals surface area contributed by atoms with Crippen LogP contribution in [0.15, 0.2) is 60.7 Å². The molecule has 1 N–H and O–H groups in total. The van der Waals surface area contributed by atoms with Crippen molar-refractivity contribution in [1.82, 2.24) is 0 Å². The Hall–Kier alpha value is -1.86. The molecule has 0 aromatic heterocycles. The first-order chi connectivity index (χ1) is 9.86. The molecule has 0 spiro atoms. The maximum atomic E-state index is 8.20. The fourth-order valence-corrected chi connectivity index (χ4v) is 1.68. The van der Waals surface area contributed by atoms with E-state index in [1.165, 1.54) is 17.5 Å². The fraction of sp³-hybridized carbons (Fsp3) is 0.263. The highest BCUT2D eigenvalue weighted by Crippen LogP contribution is 2.06. The molecule has 0 aliphatic carbocycles. The van der Waals surface area contributed by atoms with Gasteiger partial charge < -0.3 is 5.11 Å². The summed E-state index contributed by atoms with van der Waals surface area (Å²) >= 11 is 0. The highest BCUT2D eigenvalue weighted by molar-refractivity contribution is 5.69. The topological polar surface area (TPSA) is 20.2 Å². The lowest BCUT2D eigenvalue weighted by Gasteiger charge is -1.92. The molecule has 1 heteroatoms. The first kappa shape index (κ1) is 16.2. The zero-order valence-corrected chi connectivity index (χ0v) is 12.2. The number of benzene rings is 2. The zero-order valence-electron chi connectivity index (χ0n) is 12.2. The maximum Gasteiger partial charge on any atom is 0.0431 e. The van der Waals surface area contributed by atoms with Gasteiger partial charge in [0.05, 0.1) is 0 Å². The van der Waals surface area contributed by atoms with Crippen LogP contribution in [0.4, 0.5) is 0 Å². The third-order valence-electron chi connectivity index (χ3n) is 2.83. The molecule has 0 saturated heterocycles. The summed E-state index contributed by atoms with van der Waals surface area (Å²) in [5.74, 6) is 0. The van der Waals surface area contributed by atoms with E-state index < -0.39 is 0 Å². The van der Waals surface area contributed by atoms with Crippen LogP contribution in [0.2, 0.25) is 0 Å². The minimum atomic E-state index is 0.355. The first-order valence-electron chi connectivity index (χ1n) is 7.26. The average Bonchev–Trinajstić information content (AvgIpc) is 2.53. The molecule has 106 valence electrons. The summed E-state index contributed by atoms with van der Waals surface area (Å²) in [6, 6.07) is 20.6. The highest BCUT2D eigenvalue weighted by atomic mass is 16.2. The van der Waals surface area contributed by atoms with E-state index in [1.54, 1.807) is 0 Å². The van der Waals surface area contributed by atoms with E-state index in [4.69, 9.17) is 5.11 Å². The molecule has 0 fully saturated rings. The van der Waals surface area contributed by atoms with E-state index in [-0.39, 0.29) is 0 Å². The summed E-state index contributed by atoms with van der Waals surface area (Å²) in [6.45, 7) is 2.48.